The summed E-state index contributed by atoms with van der Waals surface area (Å²) < 4.78 is 3.56. The van der Waals surface area contributed by atoms with Crippen LogP contribution in [-0.4, -0.2) is 46.9 Å². The Morgan fingerprint density at radius 3 is 2.67 bits per heavy atom. The molecule has 4 aromatic rings. The molecule has 0 saturated heterocycles. The summed E-state index contributed by atoms with van der Waals surface area (Å²) in [6.45, 7) is 0.252. The topological polar surface area (TPSA) is 119 Å². The fourth-order valence-electron chi connectivity index (χ4n) is 2.71. The van der Waals surface area contributed by atoms with Gasteiger partial charge in [-0.15, -0.1) is 20.4 Å². The number of carbonyl (C=O) groups excluding carboxylic acids is 2. The number of hydrogen-bond donors (Lipinski definition) is 2. The third-order valence-electron chi connectivity index (χ3n) is 4.22. The van der Waals surface area contributed by atoms with Gasteiger partial charge in [-0.3, -0.25) is 14.0 Å². The zero-order chi connectivity index (χ0) is 20.9. The van der Waals surface area contributed by atoms with Crippen molar-refractivity contribution >= 4 is 34.9 Å². The number of aryl methyl sites for hydroxylation is 1. The van der Waals surface area contributed by atoms with Crippen LogP contribution in [0.3, 0.4) is 0 Å². The summed E-state index contributed by atoms with van der Waals surface area (Å²) in [6.07, 6.45) is 3.42. The monoisotopic (exact) mass is 422 g/mol. The molecule has 0 aliphatic rings. The van der Waals surface area contributed by atoms with E-state index in [9.17, 15) is 9.59 Å². The Bertz CT molecular complexity index is 1180. The van der Waals surface area contributed by atoms with Crippen molar-refractivity contribution in [1.29, 1.82) is 0 Å². The van der Waals surface area contributed by atoms with Crippen molar-refractivity contribution < 1.29 is 9.59 Å². The number of nitrogens with one attached hydrogen (secondary N) is 2. The van der Waals surface area contributed by atoms with Crippen molar-refractivity contribution in [2.45, 2.75) is 11.7 Å². The number of anilines is 1. The van der Waals surface area contributed by atoms with Crippen LogP contribution in [0.2, 0.25) is 0 Å². The van der Waals surface area contributed by atoms with Crippen molar-refractivity contribution in [3.63, 3.8) is 0 Å². The number of benzene rings is 1. The highest BCUT2D eigenvalue weighted by Crippen LogP contribution is 2.15. The lowest BCUT2D eigenvalue weighted by molar-refractivity contribution is -0.113. The van der Waals surface area contributed by atoms with E-state index < -0.39 is 0 Å². The summed E-state index contributed by atoms with van der Waals surface area (Å²) in [7, 11) is 1.82. The summed E-state index contributed by atoms with van der Waals surface area (Å²) in [5, 5.41) is 22.1. The minimum absolute atomic E-state index is 0.168. The average molecular weight is 422 g/mol. The molecule has 4 rings (SSSR count). The smallest absolute Gasteiger partial charge is 0.251 e. The maximum Gasteiger partial charge on any atom is 0.251 e. The summed E-state index contributed by atoms with van der Waals surface area (Å²) in [5.74, 6) is 0.446. The van der Waals surface area contributed by atoms with Crippen molar-refractivity contribution in [3.8, 4) is 0 Å². The van der Waals surface area contributed by atoms with E-state index in [-0.39, 0.29) is 24.1 Å². The Hall–Kier alpha value is -3.73. The zero-order valence-electron chi connectivity index (χ0n) is 16.0. The predicted molar refractivity (Wildman–Crippen MR) is 111 cm³/mol. The Morgan fingerprint density at radius 2 is 1.90 bits per heavy atom. The van der Waals surface area contributed by atoms with Crippen LogP contribution in [0.5, 0.6) is 0 Å². The second-order valence-electron chi connectivity index (χ2n) is 6.37. The highest BCUT2D eigenvalue weighted by atomic mass is 32.2. The van der Waals surface area contributed by atoms with Gasteiger partial charge in [-0.1, -0.05) is 17.8 Å². The van der Waals surface area contributed by atoms with Crippen LogP contribution in [0.4, 0.5) is 5.69 Å². The number of amides is 2. The first-order valence-corrected chi connectivity index (χ1v) is 10.0. The number of aromatic nitrogens is 6. The van der Waals surface area contributed by atoms with Crippen LogP contribution in [0.15, 0.2) is 60.1 Å². The second-order valence-corrected chi connectivity index (χ2v) is 7.31. The molecule has 0 aliphatic heterocycles. The van der Waals surface area contributed by atoms with E-state index in [1.54, 1.807) is 35.2 Å². The summed E-state index contributed by atoms with van der Waals surface area (Å²) in [6, 6.07) is 12.3. The SMILES string of the molecule is Cn1cnnc1SCC(=O)Nc1ccc(C(=O)NCc2nnc3ccccn23)cc1. The molecule has 11 heteroatoms. The number of pyridine rings is 1. The normalized spacial score (nSPS) is 10.8. The summed E-state index contributed by atoms with van der Waals surface area (Å²) in [4.78, 5) is 24.5. The molecule has 0 bridgehead atoms. The number of nitrogens with zero attached hydrogens (tertiary/aromatic N) is 6. The summed E-state index contributed by atoms with van der Waals surface area (Å²) in [5.41, 5.74) is 1.81. The lowest BCUT2D eigenvalue weighted by Crippen LogP contribution is -2.24. The van der Waals surface area contributed by atoms with Gasteiger partial charge in [0.25, 0.3) is 5.91 Å². The van der Waals surface area contributed by atoms with E-state index in [0.29, 0.717) is 22.2 Å². The second kappa shape index (κ2) is 8.74. The first-order valence-electron chi connectivity index (χ1n) is 9.04. The highest BCUT2D eigenvalue weighted by Gasteiger charge is 2.10. The molecule has 3 heterocycles. The van der Waals surface area contributed by atoms with Gasteiger partial charge in [-0.2, -0.15) is 0 Å². The zero-order valence-corrected chi connectivity index (χ0v) is 16.8. The lowest BCUT2D eigenvalue weighted by atomic mass is 10.2. The molecule has 0 unspecified atom stereocenters. The molecule has 10 nitrogen and oxygen atoms in total. The molecule has 3 aromatic heterocycles. The van der Waals surface area contributed by atoms with Gasteiger partial charge in [-0.05, 0) is 36.4 Å². The molecule has 0 spiro atoms. The molecular weight excluding hydrogens is 404 g/mol. The Balaban J connectivity index is 1.29. The van der Waals surface area contributed by atoms with E-state index in [4.69, 9.17) is 0 Å². The van der Waals surface area contributed by atoms with Crippen molar-refractivity contribution in [1.82, 2.24) is 34.7 Å². The number of fused-ring (bicyclic) bond motifs is 1. The minimum Gasteiger partial charge on any atom is -0.345 e. The fraction of sp³-hybridized carbons (Fsp3) is 0.158. The molecule has 0 atom stereocenters. The van der Waals surface area contributed by atoms with Gasteiger partial charge in [0, 0.05) is 24.5 Å². The van der Waals surface area contributed by atoms with Crippen LogP contribution in [0, 0.1) is 0 Å². The molecular formula is C19H18N8O2S. The van der Waals surface area contributed by atoms with E-state index >= 15 is 0 Å². The van der Waals surface area contributed by atoms with Gasteiger partial charge in [-0.25, -0.2) is 0 Å². The Labute approximate surface area is 175 Å². The maximum atomic E-state index is 12.4. The van der Waals surface area contributed by atoms with Gasteiger partial charge in [0.15, 0.2) is 16.6 Å². The van der Waals surface area contributed by atoms with Gasteiger partial charge in [0.2, 0.25) is 5.91 Å². The third-order valence-corrected chi connectivity index (χ3v) is 5.26. The van der Waals surface area contributed by atoms with E-state index in [1.807, 2.05) is 35.8 Å². The van der Waals surface area contributed by atoms with Gasteiger partial charge < -0.3 is 15.2 Å². The molecule has 152 valence electrons. The quantitative estimate of drug-likeness (QED) is 0.433. The molecule has 0 saturated carbocycles. The van der Waals surface area contributed by atoms with Gasteiger partial charge in [0.1, 0.15) is 6.33 Å². The van der Waals surface area contributed by atoms with Crippen molar-refractivity contribution in [3.05, 3.63) is 66.4 Å². The van der Waals surface area contributed by atoms with E-state index in [0.717, 1.165) is 5.65 Å². The lowest BCUT2D eigenvalue weighted by Gasteiger charge is -2.07. The van der Waals surface area contributed by atoms with E-state index in [1.165, 1.54) is 11.8 Å². The first-order chi connectivity index (χ1) is 14.6. The van der Waals surface area contributed by atoms with Crippen LogP contribution in [-0.2, 0) is 18.4 Å². The Kier molecular flexibility index (Phi) is 5.70. The number of thioether (sulfide) groups is 1. The number of carbonyl (C=O) groups is 2. The minimum atomic E-state index is -0.238. The first kappa shape index (κ1) is 19.6. The number of rotatable bonds is 7. The summed E-state index contributed by atoms with van der Waals surface area (Å²) >= 11 is 1.30. The molecule has 0 fully saturated rings. The molecule has 0 radical (unpaired) electrons. The van der Waals surface area contributed by atoms with Crippen LogP contribution >= 0.6 is 11.8 Å². The fourth-order valence-corrected chi connectivity index (χ4v) is 3.40. The molecule has 30 heavy (non-hydrogen) atoms. The van der Waals surface area contributed by atoms with Crippen LogP contribution in [0.1, 0.15) is 16.2 Å². The van der Waals surface area contributed by atoms with Crippen molar-refractivity contribution in [2.75, 3.05) is 11.1 Å². The third kappa shape index (κ3) is 4.46. The largest absolute Gasteiger partial charge is 0.345 e. The predicted octanol–water partition coefficient (Wildman–Crippen LogP) is 1.52. The van der Waals surface area contributed by atoms with E-state index in [2.05, 4.69) is 31.0 Å². The van der Waals surface area contributed by atoms with Gasteiger partial charge >= 0.3 is 0 Å². The Morgan fingerprint density at radius 1 is 1.07 bits per heavy atom. The van der Waals surface area contributed by atoms with Crippen LogP contribution < -0.4 is 10.6 Å². The highest BCUT2D eigenvalue weighted by molar-refractivity contribution is 7.99. The molecule has 1 aromatic carbocycles. The molecule has 2 amide bonds. The molecule has 0 aliphatic carbocycles. The number of hydrogen-bond acceptors (Lipinski definition) is 7. The van der Waals surface area contributed by atoms with Crippen LogP contribution in [0.25, 0.3) is 5.65 Å². The average Bonchev–Trinajstić information content (AvgIpc) is 3.37. The molecule has 2 N–H and O–H groups in total. The maximum absolute atomic E-state index is 12.4. The van der Waals surface area contributed by atoms with Crippen molar-refractivity contribution in [2.24, 2.45) is 7.05 Å². The van der Waals surface area contributed by atoms with Gasteiger partial charge in [0.05, 0.1) is 12.3 Å². The standard InChI is InChI=1S/C19H18N8O2S/c1-26-12-21-25-19(26)30-11-17(28)22-14-7-5-13(6-8-14)18(29)20-10-16-24-23-15-4-2-3-9-27(15)16/h2-9,12H,10-11H2,1H3,(H,20,29)(H,22,28).